The molecule has 0 aliphatic rings. The quantitative estimate of drug-likeness (QED) is 0.598. The number of carbonyl (C=O) groups is 2. The topological polar surface area (TPSA) is 47.2 Å². The van der Waals surface area contributed by atoms with Crippen LogP contribution in [0.1, 0.15) is 45.0 Å². The second-order valence-corrected chi connectivity index (χ2v) is 5.49. The fourth-order valence-corrected chi connectivity index (χ4v) is 1.36. The van der Waals surface area contributed by atoms with Crippen molar-refractivity contribution < 1.29 is 18.9 Å². The highest BCUT2D eigenvalue weighted by molar-refractivity contribution is 5.97. The number of aromatic nitrogens is 1. The second kappa shape index (κ2) is 5.29. The molecule has 98 valence electrons. The van der Waals surface area contributed by atoms with E-state index in [1.807, 2.05) is 34.6 Å². The maximum absolute atomic E-state index is 11.7. The Labute approximate surface area is 108 Å². The molecule has 0 amide bonds. The second-order valence-electron chi connectivity index (χ2n) is 5.49. The van der Waals surface area contributed by atoms with Gasteiger partial charge in [0.25, 0.3) is 0 Å². The summed E-state index contributed by atoms with van der Waals surface area (Å²) in [5.41, 5.74) is 0.0704. The highest BCUT2D eigenvalue weighted by atomic mass is 16.6. The van der Waals surface area contributed by atoms with E-state index in [-0.39, 0.29) is 11.7 Å². The summed E-state index contributed by atoms with van der Waals surface area (Å²) in [4.78, 5) is 23.5. The number of ether oxygens (including phenoxy) is 1. The minimum atomic E-state index is -0.531. The molecule has 18 heavy (non-hydrogen) atoms. The molecule has 1 aromatic rings. The van der Waals surface area contributed by atoms with Crippen LogP contribution in [0.4, 0.5) is 4.79 Å². The summed E-state index contributed by atoms with van der Waals surface area (Å²) in [5, 5.41) is 0. The van der Waals surface area contributed by atoms with Crippen molar-refractivity contribution in [3.05, 3.63) is 30.1 Å². The number of nitrogens with zero attached hydrogens (tertiary/aromatic N) is 1. The number of pyridine rings is 1. The molecule has 0 aromatic carbocycles. The molecule has 0 spiro atoms. The van der Waals surface area contributed by atoms with E-state index in [1.54, 1.807) is 24.5 Å². The first-order chi connectivity index (χ1) is 8.20. The molecule has 0 saturated carbocycles. The van der Waals surface area contributed by atoms with E-state index in [4.69, 9.17) is 4.74 Å². The molecule has 0 N–H and O–H groups in total. The van der Waals surface area contributed by atoms with E-state index in [1.165, 1.54) is 4.57 Å². The summed E-state index contributed by atoms with van der Waals surface area (Å²) in [5.74, 6) is 0.00807. The van der Waals surface area contributed by atoms with Gasteiger partial charge in [0.1, 0.15) is 5.60 Å². The standard InChI is InChI=1S/C14H20NO3/c1-10(2)12(16)11-6-8-15(9-7-11)13(17)18-14(3,4)5/h6-10H,1-5H3/q+1. The molecule has 0 aliphatic heterocycles. The Bertz CT molecular complexity index is 441. The maximum Gasteiger partial charge on any atom is 0.602 e. The van der Waals surface area contributed by atoms with E-state index in [2.05, 4.69) is 0 Å². The minimum Gasteiger partial charge on any atom is -0.406 e. The van der Waals surface area contributed by atoms with Crippen LogP contribution in [0.25, 0.3) is 0 Å². The third kappa shape index (κ3) is 3.95. The average molecular weight is 250 g/mol. The predicted octanol–water partition coefficient (Wildman–Crippen LogP) is 2.60. The summed E-state index contributed by atoms with van der Waals surface area (Å²) in [6.07, 6.45) is 2.64. The lowest BCUT2D eigenvalue weighted by Gasteiger charge is -2.15. The van der Waals surface area contributed by atoms with E-state index in [0.29, 0.717) is 5.56 Å². The molecule has 0 bridgehead atoms. The molecular weight excluding hydrogens is 230 g/mol. The van der Waals surface area contributed by atoms with Gasteiger partial charge in [-0.1, -0.05) is 18.4 Å². The van der Waals surface area contributed by atoms with Crippen LogP contribution < -0.4 is 4.57 Å². The van der Waals surface area contributed by atoms with Gasteiger partial charge in [-0.2, -0.15) is 4.79 Å². The Morgan fingerprint density at radius 2 is 1.67 bits per heavy atom. The molecule has 0 saturated heterocycles. The van der Waals surface area contributed by atoms with Gasteiger partial charge >= 0.3 is 6.09 Å². The van der Waals surface area contributed by atoms with Crippen molar-refractivity contribution in [1.82, 2.24) is 0 Å². The van der Waals surface area contributed by atoms with Gasteiger partial charge in [0.05, 0.1) is 0 Å². The van der Waals surface area contributed by atoms with Crippen LogP contribution in [0.2, 0.25) is 0 Å². The highest BCUT2D eigenvalue weighted by Gasteiger charge is 2.24. The van der Waals surface area contributed by atoms with Crippen LogP contribution in [0.3, 0.4) is 0 Å². The molecule has 0 atom stereocenters. The molecule has 4 heteroatoms. The molecule has 0 fully saturated rings. The third-order valence-corrected chi connectivity index (χ3v) is 2.24. The predicted molar refractivity (Wildman–Crippen MR) is 67.4 cm³/mol. The Morgan fingerprint density at radius 1 is 1.17 bits per heavy atom. The summed E-state index contributed by atoms with van der Waals surface area (Å²) in [6, 6.07) is 3.26. The van der Waals surface area contributed by atoms with E-state index < -0.39 is 11.7 Å². The number of hydrogen-bond acceptors (Lipinski definition) is 3. The summed E-state index contributed by atoms with van der Waals surface area (Å²) in [6.45, 7) is 9.11. The van der Waals surface area contributed by atoms with Crippen molar-refractivity contribution in [2.75, 3.05) is 0 Å². The fourth-order valence-electron chi connectivity index (χ4n) is 1.36. The van der Waals surface area contributed by atoms with Crippen molar-refractivity contribution >= 4 is 11.9 Å². The van der Waals surface area contributed by atoms with E-state index >= 15 is 0 Å². The van der Waals surface area contributed by atoms with Crippen LogP contribution in [-0.4, -0.2) is 17.5 Å². The Kier molecular flexibility index (Phi) is 4.22. The largest absolute Gasteiger partial charge is 0.602 e. The highest BCUT2D eigenvalue weighted by Crippen LogP contribution is 2.08. The molecule has 1 aromatic heterocycles. The van der Waals surface area contributed by atoms with Crippen molar-refractivity contribution in [3.8, 4) is 0 Å². The summed E-state index contributed by atoms with van der Waals surface area (Å²) >= 11 is 0. The van der Waals surface area contributed by atoms with Gasteiger partial charge in [-0.3, -0.25) is 4.79 Å². The minimum absolute atomic E-state index is 0.0534. The molecule has 1 rings (SSSR count). The first-order valence-electron chi connectivity index (χ1n) is 5.99. The zero-order valence-corrected chi connectivity index (χ0v) is 11.6. The van der Waals surface area contributed by atoms with Crippen molar-refractivity contribution in [2.24, 2.45) is 5.92 Å². The number of rotatable bonds is 2. The zero-order chi connectivity index (χ0) is 13.9. The summed E-state index contributed by atoms with van der Waals surface area (Å²) < 4.78 is 6.53. The lowest BCUT2D eigenvalue weighted by Crippen LogP contribution is -2.46. The van der Waals surface area contributed by atoms with Gasteiger partial charge < -0.3 is 4.74 Å². The van der Waals surface area contributed by atoms with Gasteiger partial charge in [-0.25, -0.2) is 0 Å². The van der Waals surface area contributed by atoms with E-state index in [0.717, 1.165) is 0 Å². The number of hydrogen-bond donors (Lipinski definition) is 0. The van der Waals surface area contributed by atoms with Gasteiger partial charge in [0.15, 0.2) is 18.2 Å². The molecular formula is C14H20NO3+. The lowest BCUT2D eigenvalue weighted by atomic mass is 10.0. The van der Waals surface area contributed by atoms with Crippen LogP contribution in [0.15, 0.2) is 24.5 Å². The normalized spacial score (nSPS) is 11.4. The van der Waals surface area contributed by atoms with Gasteiger partial charge in [0.2, 0.25) is 0 Å². The van der Waals surface area contributed by atoms with Crippen LogP contribution in [-0.2, 0) is 4.74 Å². The van der Waals surface area contributed by atoms with Crippen molar-refractivity contribution in [3.63, 3.8) is 0 Å². The lowest BCUT2D eigenvalue weighted by molar-refractivity contribution is -0.588. The smallest absolute Gasteiger partial charge is 0.406 e. The maximum atomic E-state index is 11.7. The molecule has 0 unspecified atom stereocenters. The van der Waals surface area contributed by atoms with Crippen molar-refractivity contribution in [2.45, 2.75) is 40.2 Å². The Hall–Kier alpha value is -1.71. The SMILES string of the molecule is CC(C)C(=O)c1cc[n+](C(=O)OC(C)(C)C)cc1. The van der Waals surface area contributed by atoms with Gasteiger partial charge in [0, 0.05) is 23.6 Å². The summed E-state index contributed by atoms with van der Waals surface area (Å²) in [7, 11) is 0. The zero-order valence-electron chi connectivity index (χ0n) is 11.6. The monoisotopic (exact) mass is 250 g/mol. The van der Waals surface area contributed by atoms with Crippen LogP contribution >= 0.6 is 0 Å². The van der Waals surface area contributed by atoms with Crippen LogP contribution in [0.5, 0.6) is 0 Å². The Balaban J connectivity index is 2.83. The first-order valence-corrected chi connectivity index (χ1v) is 5.99. The molecule has 4 nitrogen and oxygen atoms in total. The average Bonchev–Trinajstić information content (AvgIpc) is 2.26. The number of ketones is 1. The fraction of sp³-hybridized carbons (Fsp3) is 0.500. The van der Waals surface area contributed by atoms with Gasteiger partial charge in [-0.15, -0.1) is 0 Å². The number of Topliss-reactive ketones (excluding diaryl/α,β-unsaturated/α-hetero) is 1. The van der Waals surface area contributed by atoms with Gasteiger partial charge in [-0.05, 0) is 20.8 Å². The molecule has 0 radical (unpaired) electrons. The van der Waals surface area contributed by atoms with Crippen molar-refractivity contribution in [1.29, 1.82) is 0 Å². The van der Waals surface area contributed by atoms with Crippen LogP contribution in [0, 0.1) is 5.92 Å². The molecule has 0 aliphatic carbocycles. The Morgan fingerprint density at radius 3 is 2.06 bits per heavy atom. The first kappa shape index (κ1) is 14.4. The third-order valence-electron chi connectivity index (χ3n) is 2.24. The molecule has 1 heterocycles. The number of carbonyl (C=O) groups excluding carboxylic acids is 2. The van der Waals surface area contributed by atoms with E-state index in [9.17, 15) is 9.59 Å².